The number of aromatic nitrogens is 2. The molecule has 172 valence electrons. The smallest absolute Gasteiger partial charge is 0.260 e. The normalized spacial score (nSPS) is 21.4. The van der Waals surface area contributed by atoms with E-state index in [9.17, 15) is 9.90 Å². The maximum absolute atomic E-state index is 12.2. The van der Waals surface area contributed by atoms with Crippen molar-refractivity contribution in [3.8, 4) is 5.75 Å². The van der Waals surface area contributed by atoms with Crippen molar-refractivity contribution in [2.45, 2.75) is 25.0 Å². The summed E-state index contributed by atoms with van der Waals surface area (Å²) in [6.45, 7) is 4.98. The van der Waals surface area contributed by atoms with Crippen molar-refractivity contribution in [3.63, 3.8) is 0 Å². The van der Waals surface area contributed by atoms with Gasteiger partial charge in [-0.25, -0.2) is 4.98 Å². The second kappa shape index (κ2) is 10.7. The topological polar surface area (TPSA) is 100 Å². The Morgan fingerprint density at radius 3 is 2.75 bits per heavy atom. The van der Waals surface area contributed by atoms with E-state index in [1.165, 1.54) is 0 Å². The van der Waals surface area contributed by atoms with E-state index in [1.54, 1.807) is 23.5 Å². The molecule has 9 nitrogen and oxygen atoms in total. The molecule has 2 aromatic rings. The number of rotatable bonds is 8. The Bertz CT molecular complexity index is 860. The van der Waals surface area contributed by atoms with Gasteiger partial charge in [0.2, 0.25) is 0 Å². The average molecular weight is 442 g/mol. The summed E-state index contributed by atoms with van der Waals surface area (Å²) >= 11 is 0. The molecule has 9 heteroatoms. The summed E-state index contributed by atoms with van der Waals surface area (Å²) in [6.07, 6.45) is 6.72. The summed E-state index contributed by atoms with van der Waals surface area (Å²) in [4.78, 5) is 24.5. The molecule has 0 spiro atoms. The van der Waals surface area contributed by atoms with Gasteiger partial charge >= 0.3 is 0 Å². The Kier molecular flexibility index (Phi) is 7.51. The van der Waals surface area contributed by atoms with Gasteiger partial charge in [-0.15, -0.1) is 0 Å². The first-order valence-corrected chi connectivity index (χ1v) is 11.1. The van der Waals surface area contributed by atoms with Crippen molar-refractivity contribution >= 4 is 11.7 Å². The van der Waals surface area contributed by atoms with E-state index in [0.717, 1.165) is 30.8 Å². The fourth-order valence-electron chi connectivity index (χ4n) is 4.10. The van der Waals surface area contributed by atoms with Crippen molar-refractivity contribution in [2.75, 3.05) is 57.4 Å². The van der Waals surface area contributed by atoms with Crippen LogP contribution in [0.2, 0.25) is 0 Å². The predicted molar refractivity (Wildman–Crippen MR) is 119 cm³/mol. The van der Waals surface area contributed by atoms with Crippen molar-refractivity contribution < 1.29 is 19.4 Å². The molecular formula is C23H31N5O4. The molecule has 1 aromatic carbocycles. The third-order valence-electron chi connectivity index (χ3n) is 5.86. The average Bonchev–Trinajstić information content (AvgIpc) is 2.84. The molecule has 32 heavy (non-hydrogen) atoms. The van der Waals surface area contributed by atoms with E-state index < -0.39 is 5.60 Å². The van der Waals surface area contributed by atoms with Crippen LogP contribution in [0.4, 0.5) is 5.82 Å². The van der Waals surface area contributed by atoms with Crippen LogP contribution in [-0.4, -0.2) is 84.0 Å². The zero-order chi connectivity index (χ0) is 22.2. The molecule has 1 aromatic heterocycles. The SMILES string of the molecule is O=C(COc1ccc(CNC[C@]2(O)CCCN(c3cnccn3)C2)cc1)N1CCOCC1. The van der Waals surface area contributed by atoms with Crippen LogP contribution in [0, 0.1) is 0 Å². The van der Waals surface area contributed by atoms with Gasteiger partial charge < -0.3 is 29.7 Å². The summed E-state index contributed by atoms with van der Waals surface area (Å²) in [5.41, 5.74) is 0.278. The van der Waals surface area contributed by atoms with Crippen molar-refractivity contribution in [1.82, 2.24) is 20.2 Å². The largest absolute Gasteiger partial charge is 0.484 e. The van der Waals surface area contributed by atoms with Gasteiger partial charge in [0.1, 0.15) is 11.6 Å². The molecule has 0 bridgehead atoms. The number of β-amino-alcohol motifs (C(OH)–C–C–N with tert-alkyl or cyclic N) is 1. The van der Waals surface area contributed by atoms with E-state index in [1.807, 2.05) is 24.3 Å². The summed E-state index contributed by atoms with van der Waals surface area (Å²) in [7, 11) is 0. The minimum Gasteiger partial charge on any atom is -0.484 e. The standard InChI is InChI=1S/C23H31N5O4/c29-22(27-10-12-31-13-11-27)16-32-20-4-2-19(3-5-20)14-25-17-23(30)6-1-9-28(18-23)21-15-24-7-8-26-21/h2-5,7-8,15,25,30H,1,6,9-14,16-18H2/t23-/m1/s1. The minimum atomic E-state index is -0.807. The highest BCUT2D eigenvalue weighted by atomic mass is 16.5. The zero-order valence-corrected chi connectivity index (χ0v) is 18.3. The molecule has 0 aliphatic carbocycles. The van der Waals surface area contributed by atoms with Crippen LogP contribution < -0.4 is 15.0 Å². The number of carbonyl (C=O) groups is 1. The molecule has 0 saturated carbocycles. The van der Waals surface area contributed by atoms with Gasteiger partial charge in [0, 0.05) is 51.7 Å². The first-order chi connectivity index (χ1) is 15.6. The lowest BCUT2D eigenvalue weighted by Gasteiger charge is -2.39. The first kappa shape index (κ1) is 22.4. The number of hydrogen-bond acceptors (Lipinski definition) is 8. The van der Waals surface area contributed by atoms with Gasteiger partial charge in [0.15, 0.2) is 6.61 Å². The fourth-order valence-corrected chi connectivity index (χ4v) is 4.10. The molecular weight excluding hydrogens is 410 g/mol. The number of aliphatic hydroxyl groups is 1. The lowest BCUT2D eigenvalue weighted by atomic mass is 9.92. The molecule has 3 heterocycles. The maximum Gasteiger partial charge on any atom is 0.260 e. The predicted octanol–water partition coefficient (Wildman–Crippen LogP) is 0.835. The Morgan fingerprint density at radius 2 is 2.00 bits per heavy atom. The van der Waals surface area contributed by atoms with Crippen LogP contribution in [0.3, 0.4) is 0 Å². The summed E-state index contributed by atoms with van der Waals surface area (Å²) in [5.74, 6) is 1.45. The number of nitrogens with zero attached hydrogens (tertiary/aromatic N) is 4. The van der Waals surface area contributed by atoms with Crippen molar-refractivity contribution in [1.29, 1.82) is 0 Å². The highest BCUT2D eigenvalue weighted by Gasteiger charge is 2.33. The number of benzene rings is 1. The molecule has 2 fully saturated rings. The quantitative estimate of drug-likeness (QED) is 0.622. The monoisotopic (exact) mass is 441 g/mol. The molecule has 1 amide bonds. The number of hydrogen-bond donors (Lipinski definition) is 2. The minimum absolute atomic E-state index is 0.0182. The van der Waals surface area contributed by atoms with E-state index in [0.29, 0.717) is 51.7 Å². The van der Waals surface area contributed by atoms with Crippen LogP contribution in [0.15, 0.2) is 42.9 Å². The molecule has 1 atom stereocenters. The summed E-state index contributed by atoms with van der Waals surface area (Å²) in [6, 6.07) is 7.68. The van der Waals surface area contributed by atoms with Crippen LogP contribution >= 0.6 is 0 Å². The molecule has 2 N–H and O–H groups in total. The van der Waals surface area contributed by atoms with Crippen LogP contribution in [0.25, 0.3) is 0 Å². The highest BCUT2D eigenvalue weighted by molar-refractivity contribution is 5.77. The third-order valence-corrected chi connectivity index (χ3v) is 5.86. The maximum atomic E-state index is 12.2. The zero-order valence-electron chi connectivity index (χ0n) is 18.3. The van der Waals surface area contributed by atoms with Crippen molar-refractivity contribution in [2.24, 2.45) is 0 Å². The molecule has 4 rings (SSSR count). The lowest BCUT2D eigenvalue weighted by molar-refractivity contribution is -0.137. The highest BCUT2D eigenvalue weighted by Crippen LogP contribution is 2.24. The number of carbonyl (C=O) groups excluding carboxylic acids is 1. The number of morpholine rings is 1. The molecule has 0 radical (unpaired) electrons. The van der Waals surface area contributed by atoms with Gasteiger partial charge in [0.05, 0.1) is 25.0 Å². The Labute approximate surface area is 188 Å². The number of nitrogens with one attached hydrogen (secondary N) is 1. The molecule has 2 aliphatic rings. The van der Waals surface area contributed by atoms with Crippen LogP contribution in [0.1, 0.15) is 18.4 Å². The third kappa shape index (κ3) is 6.15. The van der Waals surface area contributed by atoms with Gasteiger partial charge in [-0.2, -0.15) is 0 Å². The Hall–Kier alpha value is -2.75. The van der Waals surface area contributed by atoms with Gasteiger partial charge in [-0.3, -0.25) is 9.78 Å². The molecule has 2 saturated heterocycles. The Morgan fingerprint density at radius 1 is 1.19 bits per heavy atom. The van der Waals surface area contributed by atoms with Gasteiger partial charge in [-0.05, 0) is 30.5 Å². The number of anilines is 1. The number of amides is 1. The van der Waals surface area contributed by atoms with Gasteiger partial charge in [0.25, 0.3) is 5.91 Å². The molecule has 0 unspecified atom stereocenters. The van der Waals surface area contributed by atoms with E-state index >= 15 is 0 Å². The second-order valence-corrected chi connectivity index (χ2v) is 8.34. The van der Waals surface area contributed by atoms with Crippen LogP contribution in [-0.2, 0) is 16.1 Å². The first-order valence-electron chi connectivity index (χ1n) is 11.1. The van der Waals surface area contributed by atoms with E-state index in [2.05, 4.69) is 20.2 Å². The van der Waals surface area contributed by atoms with E-state index in [-0.39, 0.29) is 12.5 Å². The molecule has 2 aliphatic heterocycles. The van der Waals surface area contributed by atoms with Gasteiger partial charge in [-0.1, -0.05) is 12.1 Å². The van der Waals surface area contributed by atoms with E-state index in [4.69, 9.17) is 9.47 Å². The summed E-state index contributed by atoms with van der Waals surface area (Å²) < 4.78 is 10.9. The Balaban J connectivity index is 1.20. The van der Waals surface area contributed by atoms with Crippen LogP contribution in [0.5, 0.6) is 5.75 Å². The summed E-state index contributed by atoms with van der Waals surface area (Å²) in [5, 5.41) is 14.4. The fraction of sp³-hybridized carbons (Fsp3) is 0.522. The number of ether oxygens (including phenoxy) is 2. The number of piperidine rings is 1. The second-order valence-electron chi connectivity index (χ2n) is 8.34. The lowest BCUT2D eigenvalue weighted by Crippen LogP contribution is -2.53. The van der Waals surface area contributed by atoms with Crippen molar-refractivity contribution in [3.05, 3.63) is 48.4 Å².